The maximum atomic E-state index is 12.3. The van der Waals surface area contributed by atoms with Crippen molar-refractivity contribution < 1.29 is 17.9 Å². The maximum Gasteiger partial charge on any atom is 0.229 e. The number of carbonyl (C=O) groups is 1. The van der Waals surface area contributed by atoms with E-state index in [9.17, 15) is 13.2 Å². The van der Waals surface area contributed by atoms with Gasteiger partial charge < -0.3 is 10.1 Å². The van der Waals surface area contributed by atoms with Gasteiger partial charge in [-0.25, -0.2) is 8.42 Å². The van der Waals surface area contributed by atoms with Gasteiger partial charge in [0.2, 0.25) is 15.9 Å². The van der Waals surface area contributed by atoms with Crippen LogP contribution in [0.1, 0.15) is 11.1 Å². The van der Waals surface area contributed by atoms with Gasteiger partial charge in [0.15, 0.2) is 0 Å². The van der Waals surface area contributed by atoms with Crippen LogP contribution in [0.15, 0.2) is 42.5 Å². The minimum Gasteiger partial charge on any atom is -0.374 e. The van der Waals surface area contributed by atoms with E-state index >= 15 is 0 Å². The monoisotopic (exact) mass is 485 g/mol. The third-order valence-electron chi connectivity index (χ3n) is 4.73. The molecule has 168 valence electrons. The van der Waals surface area contributed by atoms with E-state index < -0.39 is 10.0 Å². The van der Waals surface area contributed by atoms with Gasteiger partial charge in [-0.05, 0) is 35.4 Å². The maximum absolute atomic E-state index is 12.3. The van der Waals surface area contributed by atoms with Crippen LogP contribution in [0, 0.1) is 0 Å². The molecule has 0 aromatic heterocycles. The first kappa shape index (κ1) is 23.8. The zero-order chi connectivity index (χ0) is 22.4. The van der Waals surface area contributed by atoms with Crippen LogP contribution in [-0.4, -0.2) is 57.8 Å². The molecule has 0 bridgehead atoms. The molecule has 2 aromatic rings. The smallest absolute Gasteiger partial charge is 0.229 e. The van der Waals surface area contributed by atoms with Crippen molar-refractivity contribution in [1.82, 2.24) is 10.2 Å². The molecule has 31 heavy (non-hydrogen) atoms. The van der Waals surface area contributed by atoms with Gasteiger partial charge in [0.05, 0.1) is 35.4 Å². The molecule has 0 spiro atoms. The van der Waals surface area contributed by atoms with Crippen LogP contribution >= 0.6 is 23.2 Å². The molecule has 10 heteroatoms. The van der Waals surface area contributed by atoms with Gasteiger partial charge in [-0.1, -0.05) is 41.4 Å². The van der Waals surface area contributed by atoms with Crippen molar-refractivity contribution >= 4 is 44.8 Å². The highest BCUT2D eigenvalue weighted by Crippen LogP contribution is 2.23. The van der Waals surface area contributed by atoms with Crippen LogP contribution in [0.3, 0.4) is 0 Å². The van der Waals surface area contributed by atoms with Crippen molar-refractivity contribution in [3.8, 4) is 0 Å². The van der Waals surface area contributed by atoms with E-state index in [4.69, 9.17) is 27.9 Å². The van der Waals surface area contributed by atoms with Gasteiger partial charge in [0.1, 0.15) is 0 Å². The Hall–Kier alpha value is -1.84. The molecule has 0 saturated carbocycles. The summed E-state index contributed by atoms with van der Waals surface area (Å²) in [6.45, 7) is 3.20. The summed E-state index contributed by atoms with van der Waals surface area (Å²) < 4.78 is 30.9. The quantitative estimate of drug-likeness (QED) is 0.599. The van der Waals surface area contributed by atoms with Crippen LogP contribution < -0.4 is 10.0 Å². The molecule has 1 aliphatic heterocycles. The summed E-state index contributed by atoms with van der Waals surface area (Å²) in [5.74, 6) is -0.151. The van der Waals surface area contributed by atoms with E-state index in [0.29, 0.717) is 35.4 Å². The van der Waals surface area contributed by atoms with Gasteiger partial charge in [0, 0.05) is 31.9 Å². The number of morpholine rings is 1. The molecule has 0 unspecified atom stereocenters. The summed E-state index contributed by atoms with van der Waals surface area (Å²) in [4.78, 5) is 14.6. The Bertz CT molecular complexity index is 1030. The summed E-state index contributed by atoms with van der Waals surface area (Å²) in [5.41, 5.74) is 2.22. The molecular formula is C21H25Cl2N3O4S. The molecule has 0 radical (unpaired) electrons. The first-order valence-electron chi connectivity index (χ1n) is 9.79. The van der Waals surface area contributed by atoms with Crippen molar-refractivity contribution in [1.29, 1.82) is 0 Å². The Kier molecular flexibility index (Phi) is 8.18. The van der Waals surface area contributed by atoms with Crippen molar-refractivity contribution in [2.75, 3.05) is 37.2 Å². The van der Waals surface area contributed by atoms with E-state index in [2.05, 4.69) is 14.9 Å². The summed E-state index contributed by atoms with van der Waals surface area (Å²) in [6.07, 6.45) is 1.12. The third-order valence-corrected chi connectivity index (χ3v) is 6.08. The lowest BCUT2D eigenvalue weighted by atomic mass is 10.1. The lowest BCUT2D eigenvalue weighted by Gasteiger charge is -2.33. The van der Waals surface area contributed by atoms with Crippen molar-refractivity contribution in [2.24, 2.45) is 0 Å². The lowest BCUT2D eigenvalue weighted by molar-refractivity contribution is -0.121. The van der Waals surface area contributed by atoms with Crippen molar-refractivity contribution in [3.63, 3.8) is 0 Å². The van der Waals surface area contributed by atoms with Gasteiger partial charge in [0.25, 0.3) is 0 Å². The molecule has 1 saturated heterocycles. The lowest BCUT2D eigenvalue weighted by Crippen LogP contribution is -2.47. The van der Waals surface area contributed by atoms with Crippen LogP contribution in [0.25, 0.3) is 0 Å². The van der Waals surface area contributed by atoms with E-state index in [1.165, 1.54) is 0 Å². The number of sulfonamides is 1. The summed E-state index contributed by atoms with van der Waals surface area (Å²) in [5, 5.41) is 3.97. The normalized spacial score (nSPS) is 17.3. The second-order valence-electron chi connectivity index (χ2n) is 7.53. The highest BCUT2D eigenvalue weighted by molar-refractivity contribution is 7.92. The van der Waals surface area contributed by atoms with Gasteiger partial charge in [-0.3, -0.25) is 14.4 Å². The molecule has 1 heterocycles. The summed E-state index contributed by atoms with van der Waals surface area (Å²) >= 11 is 12.1. The molecule has 1 atom stereocenters. The Morgan fingerprint density at radius 2 is 1.97 bits per heavy atom. The number of carbonyl (C=O) groups excluding carboxylic acids is 1. The van der Waals surface area contributed by atoms with Gasteiger partial charge in [-0.2, -0.15) is 0 Å². The van der Waals surface area contributed by atoms with Crippen LogP contribution in [0.2, 0.25) is 10.0 Å². The summed E-state index contributed by atoms with van der Waals surface area (Å²) in [6, 6.07) is 12.4. The average molecular weight is 486 g/mol. The minimum atomic E-state index is -3.37. The number of nitrogens with zero attached hydrogens (tertiary/aromatic N) is 1. The fourth-order valence-electron chi connectivity index (χ4n) is 3.38. The Morgan fingerprint density at radius 1 is 1.16 bits per heavy atom. The molecule has 3 rings (SSSR count). The molecule has 0 aliphatic carbocycles. The number of benzene rings is 2. The van der Waals surface area contributed by atoms with E-state index in [1.807, 2.05) is 12.1 Å². The first-order valence-corrected chi connectivity index (χ1v) is 12.4. The topological polar surface area (TPSA) is 87.7 Å². The van der Waals surface area contributed by atoms with Gasteiger partial charge in [-0.15, -0.1) is 0 Å². The van der Waals surface area contributed by atoms with Crippen LogP contribution in [0.4, 0.5) is 5.69 Å². The predicted octanol–water partition coefficient (Wildman–Crippen LogP) is 2.92. The van der Waals surface area contributed by atoms with Crippen molar-refractivity contribution in [2.45, 2.75) is 19.1 Å². The Labute approximate surface area is 192 Å². The molecular weight excluding hydrogens is 461 g/mol. The second kappa shape index (κ2) is 10.7. The van der Waals surface area contributed by atoms with Gasteiger partial charge >= 0.3 is 0 Å². The highest BCUT2D eigenvalue weighted by Gasteiger charge is 2.21. The second-order valence-corrected chi connectivity index (χ2v) is 10.1. The van der Waals surface area contributed by atoms with Crippen LogP contribution in [-0.2, 0) is 32.5 Å². The van der Waals surface area contributed by atoms with E-state index in [1.54, 1.807) is 30.3 Å². The number of hydrogen-bond acceptors (Lipinski definition) is 5. The number of amides is 1. The number of nitrogens with one attached hydrogen (secondary N) is 2. The predicted molar refractivity (Wildman–Crippen MR) is 123 cm³/mol. The fraction of sp³-hybridized carbons (Fsp3) is 0.381. The zero-order valence-electron chi connectivity index (χ0n) is 17.1. The van der Waals surface area contributed by atoms with E-state index in [0.717, 1.165) is 30.5 Å². The number of ether oxygens (including phenoxy) is 1. The zero-order valence-corrected chi connectivity index (χ0v) is 19.4. The first-order chi connectivity index (χ1) is 14.7. The Morgan fingerprint density at radius 3 is 2.71 bits per heavy atom. The number of halogens is 2. The number of rotatable bonds is 8. The molecule has 7 nitrogen and oxygen atoms in total. The van der Waals surface area contributed by atoms with Crippen molar-refractivity contribution in [3.05, 3.63) is 63.6 Å². The number of hydrogen-bond donors (Lipinski definition) is 2. The molecule has 1 amide bonds. The SMILES string of the molecule is CS(=O)(=O)Nc1cccc(CC(=O)NC[C@H]2CN(Cc3ccc(Cl)c(Cl)c3)CCO2)c1. The Balaban J connectivity index is 1.47. The molecule has 1 aliphatic rings. The third kappa shape index (κ3) is 7.97. The largest absolute Gasteiger partial charge is 0.374 e. The minimum absolute atomic E-state index is 0.112. The average Bonchev–Trinajstić information content (AvgIpc) is 2.69. The summed E-state index contributed by atoms with van der Waals surface area (Å²) in [7, 11) is -3.37. The molecule has 1 fully saturated rings. The number of anilines is 1. The standard InChI is InChI=1S/C21H25Cl2N3O4S/c1-31(28,29)25-17-4-2-3-15(9-17)11-21(27)24-12-18-14-26(7-8-30-18)13-16-5-6-19(22)20(23)10-16/h2-6,9-10,18,25H,7-8,11-14H2,1H3,(H,24,27)/t18-/m0/s1. The van der Waals surface area contributed by atoms with Crippen LogP contribution in [0.5, 0.6) is 0 Å². The molecule has 2 aromatic carbocycles. The highest BCUT2D eigenvalue weighted by atomic mass is 35.5. The fourth-order valence-corrected chi connectivity index (χ4v) is 4.25. The van der Waals surface area contributed by atoms with E-state index in [-0.39, 0.29) is 18.4 Å². The molecule has 2 N–H and O–H groups in total.